The van der Waals surface area contributed by atoms with Crippen LogP contribution in [0.15, 0.2) is 48.5 Å². The maximum atomic E-state index is 12.6. The van der Waals surface area contributed by atoms with E-state index < -0.39 is 0 Å². The number of rotatable bonds is 9. The van der Waals surface area contributed by atoms with Crippen molar-refractivity contribution in [2.75, 3.05) is 0 Å². The standard InChI is InChI=1S/C21H26O3/c1-3-5-13-17(10-4-2)24-19-15-9-14-18(21(19)23)20(22)16-11-7-6-8-12-16/h6-9,11-12,14-15,17,23H,3-5,10,13H2,1-2H3. The van der Waals surface area contributed by atoms with Gasteiger partial charge in [-0.05, 0) is 25.0 Å². The highest BCUT2D eigenvalue weighted by Crippen LogP contribution is 2.33. The summed E-state index contributed by atoms with van der Waals surface area (Å²) in [6.07, 6.45) is 5.20. The van der Waals surface area contributed by atoms with Gasteiger partial charge in [0, 0.05) is 5.56 Å². The van der Waals surface area contributed by atoms with Gasteiger partial charge in [-0.3, -0.25) is 4.79 Å². The highest BCUT2D eigenvalue weighted by molar-refractivity contribution is 6.11. The molecular formula is C21H26O3. The molecule has 2 aromatic rings. The normalized spacial score (nSPS) is 11.9. The lowest BCUT2D eigenvalue weighted by molar-refractivity contribution is 0.103. The van der Waals surface area contributed by atoms with Gasteiger partial charge in [0.25, 0.3) is 0 Å². The summed E-state index contributed by atoms with van der Waals surface area (Å²) in [6.45, 7) is 4.27. The van der Waals surface area contributed by atoms with Crippen LogP contribution in [0.25, 0.3) is 0 Å². The lowest BCUT2D eigenvalue weighted by Crippen LogP contribution is -2.16. The summed E-state index contributed by atoms with van der Waals surface area (Å²) in [5, 5.41) is 10.5. The number of phenolic OH excluding ortho intramolecular Hbond substituents is 1. The molecule has 128 valence electrons. The zero-order valence-electron chi connectivity index (χ0n) is 14.5. The van der Waals surface area contributed by atoms with Crippen molar-refractivity contribution in [3.63, 3.8) is 0 Å². The lowest BCUT2D eigenvalue weighted by Gasteiger charge is -2.20. The number of phenols is 1. The van der Waals surface area contributed by atoms with Crippen molar-refractivity contribution in [2.24, 2.45) is 0 Å². The number of carbonyl (C=O) groups excluding carboxylic acids is 1. The molecule has 0 aliphatic carbocycles. The second kappa shape index (κ2) is 9.11. The summed E-state index contributed by atoms with van der Waals surface area (Å²) in [6, 6.07) is 14.1. The third-order valence-corrected chi connectivity index (χ3v) is 4.06. The van der Waals surface area contributed by atoms with Crippen LogP contribution in [0.2, 0.25) is 0 Å². The Balaban J connectivity index is 2.22. The molecule has 0 fully saturated rings. The van der Waals surface area contributed by atoms with Crippen molar-refractivity contribution in [3.05, 3.63) is 59.7 Å². The summed E-state index contributed by atoms with van der Waals surface area (Å²) in [5.74, 6) is 0.134. The first-order valence-electron chi connectivity index (χ1n) is 8.75. The third kappa shape index (κ3) is 4.60. The van der Waals surface area contributed by atoms with Crippen LogP contribution >= 0.6 is 0 Å². The van der Waals surface area contributed by atoms with E-state index in [0.29, 0.717) is 11.3 Å². The Morgan fingerprint density at radius 2 is 1.75 bits per heavy atom. The minimum atomic E-state index is -0.195. The molecule has 0 saturated carbocycles. The van der Waals surface area contributed by atoms with Crippen LogP contribution in [0.5, 0.6) is 11.5 Å². The summed E-state index contributed by atoms with van der Waals surface area (Å²) >= 11 is 0. The molecule has 2 aromatic carbocycles. The van der Waals surface area contributed by atoms with Gasteiger partial charge in [0.1, 0.15) is 0 Å². The number of hydrogen-bond acceptors (Lipinski definition) is 3. The van der Waals surface area contributed by atoms with Crippen molar-refractivity contribution < 1.29 is 14.6 Å². The molecule has 3 nitrogen and oxygen atoms in total. The van der Waals surface area contributed by atoms with Gasteiger partial charge < -0.3 is 9.84 Å². The van der Waals surface area contributed by atoms with Crippen molar-refractivity contribution in [3.8, 4) is 11.5 Å². The van der Waals surface area contributed by atoms with Gasteiger partial charge in [-0.25, -0.2) is 0 Å². The monoisotopic (exact) mass is 326 g/mol. The molecule has 1 unspecified atom stereocenters. The summed E-state index contributed by atoms with van der Waals surface area (Å²) < 4.78 is 6.01. The Morgan fingerprint density at radius 3 is 2.42 bits per heavy atom. The van der Waals surface area contributed by atoms with E-state index in [4.69, 9.17) is 4.74 Å². The van der Waals surface area contributed by atoms with Crippen LogP contribution < -0.4 is 4.74 Å². The van der Waals surface area contributed by atoms with Crippen LogP contribution in [-0.4, -0.2) is 17.0 Å². The minimum Gasteiger partial charge on any atom is -0.504 e. The molecule has 1 N–H and O–H groups in total. The molecule has 0 amide bonds. The zero-order chi connectivity index (χ0) is 17.4. The highest BCUT2D eigenvalue weighted by atomic mass is 16.5. The maximum absolute atomic E-state index is 12.6. The molecule has 24 heavy (non-hydrogen) atoms. The molecule has 1 atom stereocenters. The quantitative estimate of drug-likeness (QED) is 0.631. The number of para-hydroxylation sites is 1. The molecule has 0 aliphatic heterocycles. The highest BCUT2D eigenvalue weighted by Gasteiger charge is 2.18. The van der Waals surface area contributed by atoms with Crippen LogP contribution in [0, 0.1) is 0 Å². The maximum Gasteiger partial charge on any atom is 0.196 e. The second-order valence-corrected chi connectivity index (χ2v) is 6.02. The first-order chi connectivity index (χ1) is 11.7. The molecule has 0 bridgehead atoms. The van der Waals surface area contributed by atoms with E-state index in [2.05, 4.69) is 13.8 Å². The first kappa shape index (κ1) is 18.1. The van der Waals surface area contributed by atoms with Gasteiger partial charge in [0.05, 0.1) is 11.7 Å². The van der Waals surface area contributed by atoms with E-state index in [9.17, 15) is 9.90 Å². The predicted octanol–water partition coefficient (Wildman–Crippen LogP) is 5.36. The van der Waals surface area contributed by atoms with Gasteiger partial charge in [0.15, 0.2) is 17.3 Å². The number of ether oxygens (including phenoxy) is 1. The number of aromatic hydroxyl groups is 1. The summed E-state index contributed by atoms with van der Waals surface area (Å²) in [4.78, 5) is 12.6. The Kier molecular flexibility index (Phi) is 6.86. The second-order valence-electron chi connectivity index (χ2n) is 6.02. The molecule has 0 radical (unpaired) electrons. The Hall–Kier alpha value is -2.29. The van der Waals surface area contributed by atoms with Crippen molar-refractivity contribution in [1.82, 2.24) is 0 Å². The third-order valence-electron chi connectivity index (χ3n) is 4.06. The van der Waals surface area contributed by atoms with Gasteiger partial charge in [-0.15, -0.1) is 0 Å². The fourth-order valence-corrected chi connectivity index (χ4v) is 2.74. The molecule has 2 rings (SSSR count). The van der Waals surface area contributed by atoms with E-state index in [1.165, 1.54) is 0 Å². The Morgan fingerprint density at radius 1 is 1.00 bits per heavy atom. The van der Waals surface area contributed by atoms with E-state index in [0.717, 1.165) is 32.1 Å². The molecule has 0 saturated heterocycles. The van der Waals surface area contributed by atoms with Crippen LogP contribution in [0.4, 0.5) is 0 Å². The van der Waals surface area contributed by atoms with Gasteiger partial charge in [-0.2, -0.15) is 0 Å². The smallest absolute Gasteiger partial charge is 0.196 e. The van der Waals surface area contributed by atoms with E-state index >= 15 is 0 Å². The summed E-state index contributed by atoms with van der Waals surface area (Å²) in [7, 11) is 0. The van der Waals surface area contributed by atoms with E-state index in [1.807, 2.05) is 18.2 Å². The lowest BCUT2D eigenvalue weighted by atomic mass is 10.0. The van der Waals surface area contributed by atoms with E-state index in [1.54, 1.807) is 30.3 Å². The van der Waals surface area contributed by atoms with Crippen LogP contribution in [0.3, 0.4) is 0 Å². The van der Waals surface area contributed by atoms with Crippen LogP contribution in [-0.2, 0) is 0 Å². The predicted molar refractivity (Wildman–Crippen MR) is 96.8 cm³/mol. The molecular weight excluding hydrogens is 300 g/mol. The number of unbranched alkanes of at least 4 members (excludes halogenated alkanes) is 1. The molecule has 3 heteroatoms. The fourth-order valence-electron chi connectivity index (χ4n) is 2.74. The molecule has 0 aromatic heterocycles. The van der Waals surface area contributed by atoms with Gasteiger partial charge in [-0.1, -0.05) is 69.5 Å². The average molecular weight is 326 g/mol. The number of hydrogen-bond donors (Lipinski definition) is 1. The number of ketones is 1. The number of benzene rings is 2. The van der Waals surface area contributed by atoms with Gasteiger partial charge in [0.2, 0.25) is 0 Å². The topological polar surface area (TPSA) is 46.5 Å². The average Bonchev–Trinajstić information content (AvgIpc) is 2.61. The van der Waals surface area contributed by atoms with Crippen molar-refractivity contribution in [1.29, 1.82) is 0 Å². The fraction of sp³-hybridized carbons (Fsp3) is 0.381. The zero-order valence-corrected chi connectivity index (χ0v) is 14.5. The Labute approximate surface area is 144 Å². The number of carbonyl (C=O) groups is 1. The Bertz CT molecular complexity index is 649. The largest absolute Gasteiger partial charge is 0.504 e. The van der Waals surface area contributed by atoms with Gasteiger partial charge >= 0.3 is 0 Å². The molecule has 0 aliphatic rings. The van der Waals surface area contributed by atoms with Crippen molar-refractivity contribution >= 4 is 5.78 Å². The SMILES string of the molecule is CCCCC(CCC)Oc1cccc(C(=O)c2ccccc2)c1O. The van der Waals surface area contributed by atoms with E-state index in [-0.39, 0.29) is 23.2 Å². The van der Waals surface area contributed by atoms with Crippen molar-refractivity contribution in [2.45, 2.75) is 52.1 Å². The molecule has 0 heterocycles. The first-order valence-corrected chi connectivity index (χ1v) is 8.75. The minimum absolute atomic E-state index is 0.0658. The summed E-state index contributed by atoms with van der Waals surface area (Å²) in [5.41, 5.74) is 0.838. The van der Waals surface area contributed by atoms with Crippen LogP contribution in [0.1, 0.15) is 61.9 Å². The molecule has 0 spiro atoms.